The minimum atomic E-state index is -0.265. The maximum absolute atomic E-state index is 13.3. The van der Waals surface area contributed by atoms with Crippen molar-refractivity contribution in [2.24, 2.45) is 0 Å². The van der Waals surface area contributed by atoms with Crippen molar-refractivity contribution in [2.75, 3.05) is 11.5 Å². The summed E-state index contributed by atoms with van der Waals surface area (Å²) in [6.45, 7) is 0. The van der Waals surface area contributed by atoms with Gasteiger partial charge in [0.1, 0.15) is 5.82 Å². The Bertz CT molecular complexity index is 1070. The molecule has 3 nitrogen and oxygen atoms in total. The van der Waals surface area contributed by atoms with Crippen molar-refractivity contribution in [3.05, 3.63) is 90.7 Å². The first kappa shape index (κ1) is 16.8. The molecule has 0 atom stereocenters. The highest BCUT2D eigenvalue weighted by atomic mass is 19.1. The Morgan fingerprint density at radius 2 is 1.07 bits per heavy atom. The van der Waals surface area contributed by atoms with E-state index < -0.39 is 0 Å². The Morgan fingerprint density at radius 3 is 1.67 bits per heavy atom. The molecule has 0 fully saturated rings. The van der Waals surface area contributed by atoms with E-state index in [2.05, 4.69) is 0 Å². The van der Waals surface area contributed by atoms with Crippen LogP contribution >= 0.6 is 0 Å². The van der Waals surface area contributed by atoms with Gasteiger partial charge in [0.05, 0.1) is 11.4 Å². The molecule has 0 unspecified atom stereocenters. The zero-order valence-electron chi connectivity index (χ0n) is 14.6. The summed E-state index contributed by atoms with van der Waals surface area (Å²) in [5.41, 5.74) is 18.4. The third kappa shape index (κ3) is 3.51. The number of nitrogens with two attached hydrogens (primary N) is 2. The molecule has 3 aromatic carbocycles. The fourth-order valence-electron chi connectivity index (χ4n) is 3.00. The van der Waals surface area contributed by atoms with Gasteiger partial charge in [0.25, 0.3) is 0 Å². The molecule has 0 bridgehead atoms. The molecular formula is C23H18FN3. The first-order chi connectivity index (χ1) is 13.1. The van der Waals surface area contributed by atoms with Gasteiger partial charge in [-0.2, -0.15) is 0 Å². The highest BCUT2D eigenvalue weighted by Gasteiger charge is 2.12. The lowest BCUT2D eigenvalue weighted by Crippen LogP contribution is -1.94. The fraction of sp³-hybridized carbons (Fsp3) is 0. The van der Waals surface area contributed by atoms with Crippen LogP contribution in [0.25, 0.3) is 33.6 Å². The summed E-state index contributed by atoms with van der Waals surface area (Å²) >= 11 is 0. The third-order valence-corrected chi connectivity index (χ3v) is 4.44. The Kier molecular flexibility index (Phi) is 4.30. The molecule has 0 aliphatic carbocycles. The van der Waals surface area contributed by atoms with Gasteiger partial charge in [-0.25, -0.2) is 9.37 Å². The van der Waals surface area contributed by atoms with E-state index >= 15 is 0 Å². The predicted octanol–water partition coefficient (Wildman–Crippen LogP) is 5.39. The highest BCUT2D eigenvalue weighted by Crippen LogP contribution is 2.33. The molecule has 0 saturated carbocycles. The van der Waals surface area contributed by atoms with Crippen molar-refractivity contribution in [3.8, 4) is 33.6 Å². The number of halogens is 1. The molecule has 0 aliphatic rings. The number of rotatable bonds is 3. The van der Waals surface area contributed by atoms with Crippen LogP contribution in [0.1, 0.15) is 0 Å². The largest absolute Gasteiger partial charge is 0.399 e. The van der Waals surface area contributed by atoms with Crippen LogP contribution in [-0.2, 0) is 0 Å². The van der Waals surface area contributed by atoms with Gasteiger partial charge < -0.3 is 11.5 Å². The van der Waals surface area contributed by atoms with E-state index in [1.807, 2.05) is 60.7 Å². The second-order valence-corrected chi connectivity index (χ2v) is 6.34. The van der Waals surface area contributed by atoms with Gasteiger partial charge in [-0.3, -0.25) is 0 Å². The second-order valence-electron chi connectivity index (χ2n) is 6.34. The summed E-state index contributed by atoms with van der Waals surface area (Å²) in [5.74, 6) is -0.265. The molecule has 0 saturated heterocycles. The zero-order valence-corrected chi connectivity index (χ0v) is 14.6. The van der Waals surface area contributed by atoms with Gasteiger partial charge >= 0.3 is 0 Å². The number of hydrogen-bond donors (Lipinski definition) is 2. The Morgan fingerprint density at radius 1 is 0.556 bits per heavy atom. The summed E-state index contributed by atoms with van der Waals surface area (Å²) in [5, 5.41) is 0. The molecule has 0 amide bonds. The summed E-state index contributed by atoms with van der Waals surface area (Å²) in [4.78, 5) is 4.90. The van der Waals surface area contributed by atoms with Crippen LogP contribution < -0.4 is 11.5 Å². The van der Waals surface area contributed by atoms with Crippen LogP contribution in [0, 0.1) is 5.82 Å². The van der Waals surface area contributed by atoms with Crippen molar-refractivity contribution < 1.29 is 4.39 Å². The van der Waals surface area contributed by atoms with Gasteiger partial charge in [0.15, 0.2) is 0 Å². The number of pyridine rings is 1. The summed E-state index contributed by atoms with van der Waals surface area (Å²) in [6, 6.07) is 25.6. The van der Waals surface area contributed by atoms with E-state index in [-0.39, 0.29) is 5.82 Å². The van der Waals surface area contributed by atoms with Gasteiger partial charge in [-0.1, -0.05) is 42.5 Å². The monoisotopic (exact) mass is 355 g/mol. The number of aromatic nitrogens is 1. The van der Waals surface area contributed by atoms with Crippen molar-refractivity contribution in [3.63, 3.8) is 0 Å². The average Bonchev–Trinajstić information content (AvgIpc) is 2.69. The maximum Gasteiger partial charge on any atom is 0.123 e. The highest BCUT2D eigenvalue weighted by molar-refractivity contribution is 5.83. The van der Waals surface area contributed by atoms with Crippen molar-refractivity contribution in [2.45, 2.75) is 0 Å². The predicted molar refractivity (Wildman–Crippen MR) is 109 cm³/mol. The molecule has 0 aliphatic heterocycles. The fourth-order valence-corrected chi connectivity index (χ4v) is 3.00. The summed E-state index contributed by atoms with van der Waals surface area (Å²) < 4.78 is 13.3. The van der Waals surface area contributed by atoms with Crippen molar-refractivity contribution in [1.29, 1.82) is 0 Å². The smallest absolute Gasteiger partial charge is 0.123 e. The minimum Gasteiger partial charge on any atom is -0.399 e. The number of benzene rings is 3. The van der Waals surface area contributed by atoms with Gasteiger partial charge in [0, 0.05) is 28.1 Å². The second kappa shape index (κ2) is 6.92. The maximum atomic E-state index is 13.3. The molecule has 4 rings (SSSR count). The van der Waals surface area contributed by atoms with E-state index in [0.29, 0.717) is 11.4 Å². The first-order valence-electron chi connectivity index (χ1n) is 8.59. The number of nitrogens with zero attached hydrogens (tertiary/aromatic N) is 1. The summed E-state index contributed by atoms with van der Waals surface area (Å²) in [7, 11) is 0. The Balaban J connectivity index is 1.89. The normalized spacial score (nSPS) is 10.7. The van der Waals surface area contributed by atoms with Crippen LogP contribution in [-0.4, -0.2) is 4.98 Å². The SMILES string of the molecule is Nc1ccc(-c2ccc(-c3ccc(F)cc3)c(-c3ccc(N)cc3)n2)cc1. The molecule has 1 aromatic heterocycles. The van der Waals surface area contributed by atoms with Crippen LogP contribution in [0.2, 0.25) is 0 Å². The van der Waals surface area contributed by atoms with E-state index in [1.54, 1.807) is 12.1 Å². The van der Waals surface area contributed by atoms with Gasteiger partial charge in [0.2, 0.25) is 0 Å². The number of hydrogen-bond acceptors (Lipinski definition) is 3. The van der Waals surface area contributed by atoms with E-state index in [1.165, 1.54) is 12.1 Å². The lowest BCUT2D eigenvalue weighted by molar-refractivity contribution is 0.628. The quantitative estimate of drug-likeness (QED) is 0.485. The van der Waals surface area contributed by atoms with Crippen LogP contribution in [0.3, 0.4) is 0 Å². The topological polar surface area (TPSA) is 64.9 Å². The van der Waals surface area contributed by atoms with Gasteiger partial charge in [-0.15, -0.1) is 0 Å². The van der Waals surface area contributed by atoms with E-state index in [9.17, 15) is 4.39 Å². The van der Waals surface area contributed by atoms with Gasteiger partial charge in [-0.05, 0) is 48.0 Å². The van der Waals surface area contributed by atoms with Crippen LogP contribution in [0.5, 0.6) is 0 Å². The Labute approximate surface area is 157 Å². The third-order valence-electron chi connectivity index (χ3n) is 4.44. The molecule has 4 aromatic rings. The lowest BCUT2D eigenvalue weighted by atomic mass is 9.97. The first-order valence-corrected chi connectivity index (χ1v) is 8.59. The number of anilines is 2. The van der Waals surface area contributed by atoms with E-state index in [0.717, 1.165) is 33.6 Å². The molecular weight excluding hydrogens is 337 g/mol. The molecule has 0 radical (unpaired) electrons. The lowest BCUT2D eigenvalue weighted by Gasteiger charge is -2.12. The molecule has 4 heteroatoms. The molecule has 4 N–H and O–H groups in total. The Hall–Kier alpha value is -3.66. The molecule has 1 heterocycles. The van der Waals surface area contributed by atoms with Crippen molar-refractivity contribution >= 4 is 11.4 Å². The molecule has 27 heavy (non-hydrogen) atoms. The number of nitrogen functional groups attached to an aromatic ring is 2. The molecule has 132 valence electrons. The zero-order chi connectivity index (χ0) is 18.8. The minimum absolute atomic E-state index is 0.265. The average molecular weight is 355 g/mol. The summed E-state index contributed by atoms with van der Waals surface area (Å²) in [6.07, 6.45) is 0. The van der Waals surface area contributed by atoms with Crippen molar-refractivity contribution in [1.82, 2.24) is 4.98 Å². The molecule has 0 spiro atoms. The van der Waals surface area contributed by atoms with Crippen LogP contribution in [0.15, 0.2) is 84.9 Å². The van der Waals surface area contributed by atoms with Crippen LogP contribution in [0.4, 0.5) is 15.8 Å². The standard InChI is InChI=1S/C23H18FN3/c24-18-7-1-15(2-8-18)21-13-14-22(16-3-9-19(25)10-4-16)27-23(21)17-5-11-20(26)12-6-17/h1-14H,25-26H2. The van der Waals surface area contributed by atoms with E-state index in [4.69, 9.17) is 16.5 Å².